The molecule has 1 saturated carbocycles. The lowest BCUT2D eigenvalue weighted by Gasteiger charge is -2.47. The van der Waals surface area contributed by atoms with Crippen molar-refractivity contribution < 1.29 is 19.1 Å². The number of aliphatic hydroxyl groups is 1. The van der Waals surface area contributed by atoms with Crippen molar-refractivity contribution in [3.8, 4) is 5.75 Å². The van der Waals surface area contributed by atoms with Crippen LogP contribution in [0.4, 0.5) is 0 Å². The van der Waals surface area contributed by atoms with Crippen molar-refractivity contribution in [1.29, 1.82) is 0 Å². The highest BCUT2D eigenvalue weighted by Crippen LogP contribution is 2.40. The van der Waals surface area contributed by atoms with Crippen LogP contribution < -0.4 is 10.4 Å². The predicted molar refractivity (Wildman–Crippen MR) is 144 cm³/mol. The van der Waals surface area contributed by atoms with Crippen LogP contribution in [0.5, 0.6) is 5.75 Å². The Morgan fingerprint density at radius 1 is 1.16 bits per heavy atom. The number of likely N-dealkylation sites (tertiary alicyclic amines) is 1. The molecule has 2 atom stereocenters. The molecule has 1 aliphatic carbocycles. The number of fused-ring (bicyclic) bond motifs is 2. The van der Waals surface area contributed by atoms with E-state index < -0.39 is 11.2 Å². The summed E-state index contributed by atoms with van der Waals surface area (Å²) >= 11 is 12.0. The Bertz CT molecular complexity index is 1390. The summed E-state index contributed by atoms with van der Waals surface area (Å²) in [6.07, 6.45) is 5.16. The van der Waals surface area contributed by atoms with Gasteiger partial charge in [-0.15, -0.1) is 0 Å². The minimum Gasteiger partial charge on any atom is -0.489 e. The highest BCUT2D eigenvalue weighted by molar-refractivity contribution is 6.42. The molecular formula is C29H31Cl2NO5. The minimum atomic E-state index is -0.616. The molecule has 2 aliphatic rings. The third-order valence-electron chi connectivity index (χ3n) is 8.02. The van der Waals surface area contributed by atoms with Crippen molar-refractivity contribution in [2.45, 2.75) is 64.1 Å². The Balaban J connectivity index is 1.25. The van der Waals surface area contributed by atoms with Crippen molar-refractivity contribution in [1.82, 2.24) is 4.90 Å². The van der Waals surface area contributed by atoms with E-state index in [0.29, 0.717) is 59.5 Å². The number of hydrogen-bond donors (Lipinski definition) is 1. The number of hydrogen-bond acceptors (Lipinski definition) is 5. The molecule has 6 nitrogen and oxygen atoms in total. The van der Waals surface area contributed by atoms with Crippen molar-refractivity contribution >= 4 is 40.1 Å². The normalized spacial score (nSPS) is 21.6. The lowest BCUT2D eigenvalue weighted by molar-refractivity contribution is -0.143. The number of carbonyl (C=O) groups excluding carboxylic acids is 1. The molecule has 1 N–H and O–H groups in total. The standard InChI is InChI=1S/C29H31Cl2NO5/c1-18-22-7-6-21(36-17-19-5-9-24(30)25(31)14-19)15-26(22)37-28(34)23(18)8-10-27(33)32-13-12-29(35)11-3-2-4-20(29)16-32/h5-7,9,14-15,20,35H,2-4,8,10-13,16-17H2,1H3/t20-,29-/m0/s1. The molecule has 0 bridgehead atoms. The number of rotatable bonds is 6. The molecular weight excluding hydrogens is 513 g/mol. The third kappa shape index (κ3) is 5.52. The topological polar surface area (TPSA) is 80.0 Å². The van der Waals surface area contributed by atoms with E-state index in [1.54, 1.807) is 18.2 Å². The molecule has 1 saturated heterocycles. The van der Waals surface area contributed by atoms with Crippen LogP contribution in [0.3, 0.4) is 0 Å². The van der Waals surface area contributed by atoms with E-state index in [1.165, 1.54) is 0 Å². The van der Waals surface area contributed by atoms with Gasteiger partial charge in [-0.05, 0) is 68.0 Å². The molecule has 5 rings (SSSR count). The van der Waals surface area contributed by atoms with E-state index in [2.05, 4.69) is 0 Å². The third-order valence-corrected chi connectivity index (χ3v) is 8.76. The molecule has 1 aliphatic heterocycles. The van der Waals surface area contributed by atoms with Crippen molar-refractivity contribution in [3.63, 3.8) is 0 Å². The number of piperidine rings is 1. The zero-order chi connectivity index (χ0) is 26.2. The number of benzene rings is 2. The number of nitrogens with zero attached hydrogens (tertiary/aromatic N) is 1. The average molecular weight is 544 g/mol. The first-order chi connectivity index (χ1) is 17.7. The maximum Gasteiger partial charge on any atom is 0.339 e. The molecule has 196 valence electrons. The molecule has 2 fully saturated rings. The monoisotopic (exact) mass is 543 g/mol. The molecule has 37 heavy (non-hydrogen) atoms. The van der Waals surface area contributed by atoms with Crippen LogP contribution in [-0.4, -0.2) is 34.6 Å². The summed E-state index contributed by atoms with van der Waals surface area (Å²) in [4.78, 5) is 27.7. The minimum absolute atomic E-state index is 0.0255. The molecule has 2 heterocycles. The largest absolute Gasteiger partial charge is 0.489 e. The van der Waals surface area contributed by atoms with Crippen molar-refractivity contribution in [3.05, 3.63) is 73.6 Å². The van der Waals surface area contributed by atoms with E-state index in [0.717, 1.165) is 42.2 Å². The van der Waals surface area contributed by atoms with Gasteiger partial charge < -0.3 is 19.2 Å². The zero-order valence-electron chi connectivity index (χ0n) is 20.9. The summed E-state index contributed by atoms with van der Waals surface area (Å²) in [5.41, 5.74) is 1.60. The first-order valence-electron chi connectivity index (χ1n) is 12.9. The fourth-order valence-corrected chi connectivity index (χ4v) is 6.06. The number of carbonyl (C=O) groups is 1. The lowest BCUT2D eigenvalue weighted by atomic mass is 9.71. The van der Waals surface area contributed by atoms with Crippen LogP contribution >= 0.6 is 23.2 Å². The smallest absolute Gasteiger partial charge is 0.339 e. The number of aryl methyl sites for hydroxylation is 1. The molecule has 1 amide bonds. The van der Waals surface area contributed by atoms with Gasteiger partial charge in [0.2, 0.25) is 5.91 Å². The average Bonchev–Trinajstić information content (AvgIpc) is 2.88. The Morgan fingerprint density at radius 2 is 2.00 bits per heavy atom. The van der Waals surface area contributed by atoms with Crippen molar-refractivity contribution in [2.24, 2.45) is 5.92 Å². The number of halogens is 2. The second-order valence-corrected chi connectivity index (χ2v) is 11.1. The maximum absolute atomic E-state index is 13.0. The van der Waals surface area contributed by atoms with E-state index in [-0.39, 0.29) is 18.2 Å². The zero-order valence-corrected chi connectivity index (χ0v) is 22.4. The fraction of sp³-hybridized carbons (Fsp3) is 0.448. The summed E-state index contributed by atoms with van der Waals surface area (Å²) < 4.78 is 11.5. The first-order valence-corrected chi connectivity index (χ1v) is 13.6. The van der Waals surface area contributed by atoms with Gasteiger partial charge in [0.25, 0.3) is 0 Å². The molecule has 0 unspecified atom stereocenters. The molecule has 8 heteroatoms. The Morgan fingerprint density at radius 3 is 2.81 bits per heavy atom. The highest BCUT2D eigenvalue weighted by atomic mass is 35.5. The Kier molecular flexibility index (Phi) is 7.53. The van der Waals surface area contributed by atoms with Crippen LogP contribution in [-0.2, 0) is 17.8 Å². The van der Waals surface area contributed by atoms with E-state index in [1.807, 2.05) is 30.0 Å². The van der Waals surface area contributed by atoms with E-state index in [4.69, 9.17) is 32.4 Å². The van der Waals surface area contributed by atoms with Crippen LogP contribution in [0.2, 0.25) is 10.0 Å². The number of ether oxygens (including phenoxy) is 1. The van der Waals surface area contributed by atoms with Crippen LogP contribution in [0.1, 0.15) is 55.2 Å². The summed E-state index contributed by atoms with van der Waals surface area (Å²) in [7, 11) is 0. The summed E-state index contributed by atoms with van der Waals surface area (Å²) in [6, 6.07) is 10.7. The first kappa shape index (κ1) is 26.1. The van der Waals surface area contributed by atoms with Crippen LogP contribution in [0.25, 0.3) is 11.0 Å². The molecule has 0 spiro atoms. The maximum atomic E-state index is 13.0. The molecule has 0 radical (unpaired) electrons. The second-order valence-electron chi connectivity index (χ2n) is 10.3. The van der Waals surface area contributed by atoms with Crippen molar-refractivity contribution in [2.75, 3.05) is 13.1 Å². The molecule has 3 aromatic rings. The molecule has 2 aromatic carbocycles. The fourth-order valence-electron chi connectivity index (χ4n) is 5.74. The van der Waals surface area contributed by atoms with Gasteiger partial charge in [-0.2, -0.15) is 0 Å². The Hall–Kier alpha value is -2.54. The van der Waals surface area contributed by atoms with E-state index >= 15 is 0 Å². The SMILES string of the molecule is Cc1c(CCC(=O)N2CC[C@@]3(O)CCCC[C@H]3C2)c(=O)oc2cc(OCc3ccc(Cl)c(Cl)c3)ccc12. The van der Waals surface area contributed by atoms with E-state index in [9.17, 15) is 14.7 Å². The quantitative estimate of drug-likeness (QED) is 0.381. The van der Waals surface area contributed by atoms with Gasteiger partial charge in [-0.25, -0.2) is 4.79 Å². The molecule has 1 aromatic heterocycles. The van der Waals surface area contributed by atoms with Gasteiger partial charge in [0, 0.05) is 42.4 Å². The summed E-state index contributed by atoms with van der Waals surface area (Å²) in [5, 5.41) is 12.7. The second kappa shape index (κ2) is 10.7. The van der Waals surface area contributed by atoms with Gasteiger partial charge >= 0.3 is 5.63 Å². The number of amides is 1. The summed E-state index contributed by atoms with van der Waals surface area (Å²) in [5.74, 6) is 0.744. The van der Waals surface area contributed by atoms with Gasteiger partial charge in [0.15, 0.2) is 0 Å². The van der Waals surface area contributed by atoms with Crippen LogP contribution in [0, 0.1) is 12.8 Å². The predicted octanol–water partition coefficient (Wildman–Crippen LogP) is 6.07. The van der Waals surface area contributed by atoms with Crippen LogP contribution in [0.15, 0.2) is 45.6 Å². The highest BCUT2D eigenvalue weighted by Gasteiger charge is 2.43. The van der Waals surface area contributed by atoms with Gasteiger partial charge in [-0.3, -0.25) is 4.79 Å². The lowest BCUT2D eigenvalue weighted by Crippen LogP contribution is -2.54. The van der Waals surface area contributed by atoms with Gasteiger partial charge in [-0.1, -0.05) is 42.1 Å². The van der Waals surface area contributed by atoms with Gasteiger partial charge in [0.05, 0.1) is 15.6 Å². The summed E-state index contributed by atoms with van der Waals surface area (Å²) in [6.45, 7) is 3.35. The Labute approximate surface area is 226 Å². The van der Waals surface area contributed by atoms with Gasteiger partial charge in [0.1, 0.15) is 17.9 Å².